The molecule has 6 rings (SSSR count). The number of nitrogens with one attached hydrogen (secondary N) is 1. The molecule has 13 heteroatoms. The van der Waals surface area contributed by atoms with Gasteiger partial charge in [-0.05, 0) is 78.8 Å². The molecular formula is C30H25F3N5O3S2+. The number of thiazole rings is 1. The van der Waals surface area contributed by atoms with Crippen LogP contribution in [0.1, 0.15) is 40.2 Å². The maximum Gasteiger partial charge on any atom is 0.355 e. The smallest absolute Gasteiger partial charge is 0.355 e. The molecule has 8 nitrogen and oxygen atoms in total. The van der Waals surface area contributed by atoms with E-state index < -0.39 is 33.7 Å². The highest BCUT2D eigenvalue weighted by atomic mass is 32.3. The normalized spacial score (nSPS) is 14.5. The average Bonchev–Trinajstić information content (AvgIpc) is 3.50. The van der Waals surface area contributed by atoms with Gasteiger partial charge in [0.2, 0.25) is 10.0 Å². The molecule has 1 saturated carbocycles. The predicted octanol–water partition coefficient (Wildman–Crippen LogP) is 6.94. The Morgan fingerprint density at radius 2 is 1.86 bits per heavy atom. The van der Waals surface area contributed by atoms with Gasteiger partial charge in [-0.1, -0.05) is 23.0 Å². The van der Waals surface area contributed by atoms with Gasteiger partial charge in [0.1, 0.15) is 11.6 Å². The summed E-state index contributed by atoms with van der Waals surface area (Å²) in [6.45, 7) is 0. The van der Waals surface area contributed by atoms with Crippen LogP contribution in [0.3, 0.4) is 0 Å². The molecular weight excluding hydrogens is 599 g/mol. The molecule has 1 aliphatic carbocycles. The second-order valence-electron chi connectivity index (χ2n) is 10.4. The number of rotatable bonds is 9. The van der Waals surface area contributed by atoms with E-state index in [1.165, 1.54) is 41.8 Å². The fraction of sp³-hybridized carbons (Fsp3) is 0.167. The van der Waals surface area contributed by atoms with Gasteiger partial charge in [-0.25, -0.2) is 27.6 Å². The van der Waals surface area contributed by atoms with Gasteiger partial charge in [-0.2, -0.15) is 9.65 Å². The monoisotopic (exact) mass is 624 g/mol. The number of halogens is 3. The van der Waals surface area contributed by atoms with Crippen LogP contribution in [0.2, 0.25) is 0 Å². The van der Waals surface area contributed by atoms with Gasteiger partial charge in [0.25, 0.3) is 0 Å². The number of aromatic carboxylic acids is 1. The highest BCUT2D eigenvalue weighted by Gasteiger charge is 2.30. The van der Waals surface area contributed by atoms with Crippen LogP contribution in [0.4, 0.5) is 13.2 Å². The Morgan fingerprint density at radius 1 is 1.07 bits per heavy atom. The van der Waals surface area contributed by atoms with E-state index in [9.17, 15) is 23.2 Å². The molecule has 3 aromatic carbocycles. The van der Waals surface area contributed by atoms with Gasteiger partial charge in [-0.3, -0.25) is 0 Å². The molecule has 43 heavy (non-hydrogen) atoms. The summed E-state index contributed by atoms with van der Waals surface area (Å²) in [5.74, 6) is -2.68. The van der Waals surface area contributed by atoms with Crippen molar-refractivity contribution in [3.05, 3.63) is 106 Å². The van der Waals surface area contributed by atoms with Gasteiger partial charge in [0.15, 0.2) is 21.8 Å². The Labute approximate surface area is 249 Å². The number of carboxylic acids is 1. The number of carboxylic acid groups (broad SMARTS) is 1. The molecule has 5 N–H and O–H groups in total. The second kappa shape index (κ2) is 11.2. The number of aromatic nitrogens is 3. The quantitative estimate of drug-likeness (QED) is 0.131. The lowest BCUT2D eigenvalue weighted by Crippen LogP contribution is -2.21. The van der Waals surface area contributed by atoms with Crippen molar-refractivity contribution < 1.29 is 27.6 Å². The van der Waals surface area contributed by atoms with Crippen molar-refractivity contribution in [2.75, 3.05) is 0 Å². The van der Waals surface area contributed by atoms with Gasteiger partial charge in [-0.15, -0.1) is 16.5 Å². The van der Waals surface area contributed by atoms with Gasteiger partial charge < -0.3 is 5.11 Å². The van der Waals surface area contributed by atoms with E-state index in [4.69, 9.17) is 15.0 Å². The van der Waals surface area contributed by atoms with E-state index in [2.05, 4.69) is 4.98 Å². The summed E-state index contributed by atoms with van der Waals surface area (Å²) in [6, 6.07) is 14.1. The van der Waals surface area contributed by atoms with E-state index in [0.717, 1.165) is 29.9 Å². The van der Waals surface area contributed by atoms with Crippen LogP contribution in [0, 0.1) is 28.1 Å². The van der Waals surface area contributed by atoms with Crippen molar-refractivity contribution in [2.24, 2.45) is 11.1 Å². The number of carbonyl (C=O) groups is 1. The molecule has 2 heterocycles. The Kier molecular flexibility index (Phi) is 7.50. The topological polar surface area (TPSA) is 138 Å². The Bertz CT molecular complexity index is 1930. The fourth-order valence-electron chi connectivity index (χ4n) is 4.99. The summed E-state index contributed by atoms with van der Waals surface area (Å²) in [6.07, 6.45) is 2.78. The van der Waals surface area contributed by atoms with Crippen LogP contribution in [0.5, 0.6) is 0 Å². The van der Waals surface area contributed by atoms with Crippen LogP contribution in [-0.4, -0.2) is 30.4 Å². The molecule has 5 aromatic rings. The Balaban J connectivity index is 1.54. The first kappa shape index (κ1) is 28.9. The molecule has 1 aliphatic rings. The van der Waals surface area contributed by atoms with Gasteiger partial charge in [0.05, 0.1) is 11.4 Å². The maximum absolute atomic E-state index is 15.0. The minimum atomic E-state index is -3.52. The first-order chi connectivity index (χ1) is 20.5. The minimum Gasteiger partial charge on any atom is -0.476 e. The lowest BCUT2D eigenvalue weighted by Gasteiger charge is -2.11. The third-order valence-electron chi connectivity index (χ3n) is 7.25. The van der Waals surface area contributed by atoms with Crippen LogP contribution >= 0.6 is 11.3 Å². The minimum absolute atomic E-state index is 0.129. The predicted molar refractivity (Wildman–Crippen MR) is 158 cm³/mol. The SMILES string of the molecule is N=[S+](N)(O)c1ccc(Cc2c(-c3ccc(F)c(-c4cccc(F)c4)c3)nn(-c3nc(C(=O)O)cs3)c2CC2CC2)cc1F. The Hall–Kier alpha value is -4.17. The first-order valence-corrected chi connectivity index (χ1v) is 15.7. The van der Waals surface area contributed by atoms with Crippen molar-refractivity contribution in [3.63, 3.8) is 0 Å². The molecule has 220 valence electrons. The highest BCUT2D eigenvalue weighted by Crippen LogP contribution is 2.39. The average molecular weight is 625 g/mol. The number of nitrogens with zero attached hydrogens (tertiary/aromatic N) is 3. The summed E-state index contributed by atoms with van der Waals surface area (Å²) >= 11 is 1.11. The molecule has 1 fully saturated rings. The molecule has 1 unspecified atom stereocenters. The van der Waals surface area contributed by atoms with Crippen LogP contribution < -0.4 is 5.14 Å². The largest absolute Gasteiger partial charge is 0.476 e. The summed E-state index contributed by atoms with van der Waals surface area (Å²) < 4.78 is 63.2. The zero-order chi connectivity index (χ0) is 30.5. The third kappa shape index (κ3) is 6.02. The molecule has 0 saturated heterocycles. The number of nitrogens with two attached hydrogens (primary N) is 1. The molecule has 0 amide bonds. The van der Waals surface area contributed by atoms with Crippen molar-refractivity contribution >= 4 is 27.6 Å². The third-order valence-corrected chi connectivity index (χ3v) is 9.07. The van der Waals surface area contributed by atoms with Crippen LogP contribution in [0.15, 0.2) is 70.9 Å². The van der Waals surface area contributed by atoms with Crippen molar-refractivity contribution in [1.82, 2.24) is 14.8 Å². The van der Waals surface area contributed by atoms with Crippen molar-refractivity contribution in [3.8, 4) is 27.5 Å². The molecule has 0 aliphatic heterocycles. The molecule has 1 atom stereocenters. The molecule has 0 spiro atoms. The molecule has 0 radical (unpaired) electrons. The van der Waals surface area contributed by atoms with E-state index >= 15 is 4.39 Å². The zero-order valence-electron chi connectivity index (χ0n) is 22.4. The maximum atomic E-state index is 15.0. The fourth-order valence-corrected chi connectivity index (χ4v) is 6.39. The number of benzene rings is 3. The summed E-state index contributed by atoms with van der Waals surface area (Å²) in [5.41, 5.74) is 3.32. The molecule has 0 bridgehead atoms. The highest BCUT2D eigenvalue weighted by molar-refractivity contribution is 7.96. The summed E-state index contributed by atoms with van der Waals surface area (Å²) in [5, 5.41) is 21.6. The van der Waals surface area contributed by atoms with Gasteiger partial charge >= 0.3 is 5.97 Å². The van der Waals surface area contributed by atoms with Gasteiger partial charge in [0, 0.05) is 28.5 Å². The van der Waals surface area contributed by atoms with E-state index in [-0.39, 0.29) is 22.6 Å². The molecule has 2 aromatic heterocycles. The number of hydrogen-bond donors (Lipinski definition) is 4. The van der Waals surface area contributed by atoms with Crippen molar-refractivity contribution in [2.45, 2.75) is 30.6 Å². The van der Waals surface area contributed by atoms with E-state index in [1.54, 1.807) is 28.9 Å². The second-order valence-corrected chi connectivity index (χ2v) is 13.0. The Morgan fingerprint density at radius 3 is 2.51 bits per heavy atom. The first-order valence-electron chi connectivity index (χ1n) is 13.2. The van der Waals surface area contributed by atoms with Crippen molar-refractivity contribution in [1.29, 1.82) is 4.78 Å². The van der Waals surface area contributed by atoms with E-state index in [0.29, 0.717) is 45.4 Å². The zero-order valence-corrected chi connectivity index (χ0v) is 24.1. The van der Waals surface area contributed by atoms with E-state index in [1.807, 2.05) is 0 Å². The number of hydrogen-bond acceptors (Lipinski definition) is 5. The summed E-state index contributed by atoms with van der Waals surface area (Å²) in [7, 11) is -3.52. The van der Waals surface area contributed by atoms with Crippen LogP contribution in [-0.2, 0) is 23.1 Å². The summed E-state index contributed by atoms with van der Waals surface area (Å²) in [4.78, 5) is 15.6. The lowest BCUT2D eigenvalue weighted by molar-refractivity contribution is 0.0691. The standard InChI is InChI=1S/C30H24F3N5O3S2/c31-20-3-1-2-18(13-20)21-14-19(7-8-23(21)32)28-22(10-17-6-9-27(24(33)11-17)43(34,35)41)26(12-16-4-5-16)38(37-28)30-36-25(15-42-30)29(39)40/h1-3,6-9,11,13-16H,4-5,10,12H2,(H4-,34,35,39,40,41)/p+1. The van der Waals surface area contributed by atoms with Crippen LogP contribution in [0.25, 0.3) is 27.5 Å². The lowest BCUT2D eigenvalue weighted by atomic mass is 9.95.